The fourth-order valence-corrected chi connectivity index (χ4v) is 13.0. The molecular weight excluding hydrogens is 945 g/mol. The average Bonchev–Trinajstić information content (AvgIpc) is 4.27. The maximum absolute atomic E-state index is 5.45. The summed E-state index contributed by atoms with van der Waals surface area (Å²) in [6.07, 6.45) is 0. The number of fused-ring (bicyclic) bond motifs is 12. The maximum Gasteiger partial charge on any atom is 0.166 e. The lowest BCUT2D eigenvalue weighted by Gasteiger charge is -2.17. The molecule has 0 aliphatic rings. The number of nitrogens with zero attached hydrogens (tertiary/aromatic N) is 6. The van der Waals surface area contributed by atoms with E-state index in [2.05, 4.69) is 232 Å². The zero-order chi connectivity index (χ0) is 49.8. The molecule has 0 aliphatic carbocycles. The minimum absolute atomic E-state index is 0.583. The molecule has 6 nitrogen and oxygen atoms in total. The molecule has 0 saturated heterocycles. The number of hydrogen-bond acceptors (Lipinski definition) is 4. The van der Waals surface area contributed by atoms with Gasteiger partial charge in [0.25, 0.3) is 0 Å². The highest BCUT2D eigenvalue weighted by atomic mass is 32.1. The predicted octanol–water partition coefficient (Wildman–Crippen LogP) is 18.2. The molecule has 16 aromatic rings. The highest BCUT2D eigenvalue weighted by Gasteiger charge is 2.23. The van der Waals surface area contributed by atoms with Crippen LogP contribution >= 0.6 is 11.3 Å². The first-order chi connectivity index (χ1) is 37.7. The Morgan fingerprint density at radius 1 is 0.250 bits per heavy atom. The van der Waals surface area contributed by atoms with Crippen molar-refractivity contribution in [1.82, 2.24) is 28.7 Å². The number of aromatic nitrogens is 6. The second kappa shape index (κ2) is 16.8. The molecule has 0 atom stereocenters. The maximum atomic E-state index is 5.45. The predicted molar refractivity (Wildman–Crippen MR) is 317 cm³/mol. The Morgan fingerprint density at radius 3 is 1.17 bits per heavy atom. The van der Waals surface area contributed by atoms with Crippen LogP contribution in [-0.2, 0) is 0 Å². The fraction of sp³-hybridized carbons (Fsp3) is 0. The van der Waals surface area contributed by atoms with Crippen molar-refractivity contribution in [3.63, 3.8) is 0 Å². The molecule has 76 heavy (non-hydrogen) atoms. The highest BCUT2D eigenvalue weighted by molar-refractivity contribution is 7.25. The van der Waals surface area contributed by atoms with Gasteiger partial charge in [0, 0.05) is 80.6 Å². The summed E-state index contributed by atoms with van der Waals surface area (Å²) >= 11 is 1.84. The molecule has 0 bridgehead atoms. The summed E-state index contributed by atoms with van der Waals surface area (Å²) in [5.41, 5.74) is 14.8. The number of hydrogen-bond donors (Lipinski definition) is 0. The Balaban J connectivity index is 1.02. The van der Waals surface area contributed by atoms with Crippen LogP contribution < -0.4 is 0 Å². The average molecular weight is 987 g/mol. The summed E-state index contributed by atoms with van der Waals surface area (Å²) in [6, 6.07) is 91.8. The van der Waals surface area contributed by atoms with Crippen molar-refractivity contribution >= 4 is 96.9 Å². The van der Waals surface area contributed by atoms with Crippen LogP contribution in [0.4, 0.5) is 0 Å². The van der Waals surface area contributed by atoms with Gasteiger partial charge in [0.05, 0.1) is 38.8 Å². The van der Waals surface area contributed by atoms with Crippen molar-refractivity contribution in [2.24, 2.45) is 0 Å². The van der Waals surface area contributed by atoms with E-state index in [0.717, 1.165) is 88.8 Å². The van der Waals surface area contributed by atoms with Crippen molar-refractivity contribution in [2.45, 2.75) is 0 Å². The molecule has 0 radical (unpaired) electrons. The van der Waals surface area contributed by atoms with Crippen LogP contribution in [-0.4, -0.2) is 28.7 Å². The minimum atomic E-state index is 0.583. The van der Waals surface area contributed by atoms with E-state index in [9.17, 15) is 0 Å². The Bertz CT molecular complexity index is 4670. The van der Waals surface area contributed by atoms with Gasteiger partial charge in [0.15, 0.2) is 17.5 Å². The molecule has 0 N–H and O–H groups in total. The van der Waals surface area contributed by atoms with Crippen LogP contribution in [0.3, 0.4) is 0 Å². The lowest BCUT2D eigenvalue weighted by Crippen LogP contribution is -2.04. The highest BCUT2D eigenvalue weighted by Crippen LogP contribution is 2.43. The van der Waals surface area contributed by atoms with E-state index in [1.807, 2.05) is 47.7 Å². The molecule has 11 aromatic carbocycles. The van der Waals surface area contributed by atoms with E-state index >= 15 is 0 Å². The monoisotopic (exact) mass is 986 g/mol. The van der Waals surface area contributed by atoms with Gasteiger partial charge in [-0.1, -0.05) is 182 Å². The van der Waals surface area contributed by atoms with Gasteiger partial charge in [-0.15, -0.1) is 11.3 Å². The van der Waals surface area contributed by atoms with Crippen LogP contribution in [0.1, 0.15) is 0 Å². The van der Waals surface area contributed by atoms with Gasteiger partial charge < -0.3 is 13.7 Å². The molecular formula is C69H42N6S. The zero-order valence-electron chi connectivity index (χ0n) is 40.8. The van der Waals surface area contributed by atoms with Crippen LogP contribution in [0.5, 0.6) is 0 Å². The number of benzene rings is 11. The molecule has 0 amide bonds. The van der Waals surface area contributed by atoms with Crippen molar-refractivity contribution in [3.05, 3.63) is 255 Å². The largest absolute Gasteiger partial charge is 0.309 e. The smallest absolute Gasteiger partial charge is 0.166 e. The summed E-state index contributed by atoms with van der Waals surface area (Å²) in [5, 5.41) is 9.72. The third-order valence-corrected chi connectivity index (χ3v) is 16.4. The molecule has 0 fully saturated rings. The van der Waals surface area contributed by atoms with Gasteiger partial charge in [-0.05, 0) is 83.9 Å². The molecule has 0 aliphatic heterocycles. The summed E-state index contributed by atoms with van der Waals surface area (Å²) in [7, 11) is 0. The summed E-state index contributed by atoms with van der Waals surface area (Å²) in [5.74, 6) is 1.80. The van der Waals surface area contributed by atoms with Gasteiger partial charge >= 0.3 is 0 Å². The normalized spacial score (nSPS) is 11.9. The SMILES string of the molecule is c1ccc(-c2nc(-c3ccccc3)nc(-c3cc(-c4ccc5c(c4)sc4ccccc45)ccc3-n3c4cc(-n5c6ccccc6c6ccccc65)ccc4c4ccc(-n5c6ccccc6c6ccccc65)cc43)n2)cc1. The number of thiophene rings is 1. The first-order valence-corrected chi connectivity index (χ1v) is 26.5. The Morgan fingerprint density at radius 2 is 0.645 bits per heavy atom. The van der Waals surface area contributed by atoms with Crippen LogP contribution in [0.15, 0.2) is 255 Å². The summed E-state index contributed by atoms with van der Waals surface area (Å²) in [4.78, 5) is 16.1. The van der Waals surface area contributed by atoms with Crippen molar-refractivity contribution in [2.75, 3.05) is 0 Å². The second-order valence-corrected chi connectivity index (χ2v) is 20.6. The molecule has 0 saturated carbocycles. The van der Waals surface area contributed by atoms with Gasteiger partial charge in [-0.3, -0.25) is 0 Å². The molecule has 5 heterocycles. The Kier molecular flexibility index (Phi) is 9.40. The standard InChI is InChI=1S/C69H42N6S/c1-3-17-43(18-4-1)67-70-68(44-19-5-2-6-20-44)72-69(71-67)57-39-45(46-31-35-56-55-25-11-16-30-65(55)76-66(56)40-46)32-38-62(57)75-63-41-47(73-58-26-12-7-21-49(58)50-22-8-13-27-59(50)73)33-36-53(63)54-37-34-48(42-64(54)75)74-60-28-14-9-23-51(60)52-24-10-15-29-61(52)74/h1-42H. The lowest BCUT2D eigenvalue weighted by atomic mass is 9.99. The summed E-state index contributed by atoms with van der Waals surface area (Å²) < 4.78 is 9.81. The van der Waals surface area contributed by atoms with E-state index in [4.69, 9.17) is 15.0 Å². The van der Waals surface area contributed by atoms with E-state index in [-0.39, 0.29) is 0 Å². The van der Waals surface area contributed by atoms with E-state index in [1.54, 1.807) is 0 Å². The molecule has 16 rings (SSSR count). The van der Waals surface area contributed by atoms with Crippen LogP contribution in [0, 0.1) is 0 Å². The number of rotatable bonds is 7. The van der Waals surface area contributed by atoms with Crippen molar-refractivity contribution in [1.29, 1.82) is 0 Å². The molecule has 7 heteroatoms. The van der Waals surface area contributed by atoms with Crippen molar-refractivity contribution < 1.29 is 0 Å². The first-order valence-electron chi connectivity index (χ1n) is 25.7. The third-order valence-electron chi connectivity index (χ3n) is 15.3. The van der Waals surface area contributed by atoms with Gasteiger partial charge in [-0.25, -0.2) is 15.0 Å². The first kappa shape index (κ1) is 42.5. The van der Waals surface area contributed by atoms with Gasteiger partial charge in [-0.2, -0.15) is 0 Å². The molecule has 5 aromatic heterocycles. The van der Waals surface area contributed by atoms with Gasteiger partial charge in [0.1, 0.15) is 0 Å². The lowest BCUT2D eigenvalue weighted by molar-refractivity contribution is 1.06. The third kappa shape index (κ3) is 6.56. The van der Waals surface area contributed by atoms with E-state index in [1.165, 1.54) is 41.7 Å². The summed E-state index contributed by atoms with van der Waals surface area (Å²) in [6.45, 7) is 0. The topological polar surface area (TPSA) is 53.5 Å². The quantitative estimate of drug-likeness (QED) is 0.160. The molecule has 0 unspecified atom stereocenters. The van der Waals surface area contributed by atoms with Gasteiger partial charge in [0.2, 0.25) is 0 Å². The Labute approximate surface area is 440 Å². The van der Waals surface area contributed by atoms with Crippen molar-refractivity contribution in [3.8, 4) is 62.4 Å². The molecule has 354 valence electrons. The second-order valence-electron chi connectivity index (χ2n) is 19.6. The van der Waals surface area contributed by atoms with E-state index < -0.39 is 0 Å². The van der Waals surface area contributed by atoms with Crippen LogP contribution in [0.25, 0.3) is 148 Å². The minimum Gasteiger partial charge on any atom is -0.309 e. The fourth-order valence-electron chi connectivity index (χ4n) is 11.9. The Hall–Kier alpha value is -9.95. The zero-order valence-corrected chi connectivity index (χ0v) is 41.7. The molecule has 0 spiro atoms. The van der Waals surface area contributed by atoms with E-state index in [0.29, 0.717) is 17.5 Å². The number of para-hydroxylation sites is 4. The van der Waals surface area contributed by atoms with Crippen LogP contribution in [0.2, 0.25) is 0 Å².